The molecule has 0 aliphatic carbocycles. The van der Waals surface area contributed by atoms with Gasteiger partial charge in [-0.1, -0.05) is 22.0 Å². The molecule has 0 aliphatic heterocycles. The van der Waals surface area contributed by atoms with E-state index in [0.29, 0.717) is 29.1 Å². The maximum atomic E-state index is 13.3. The van der Waals surface area contributed by atoms with Crippen molar-refractivity contribution in [1.29, 1.82) is 0 Å². The third-order valence-corrected chi connectivity index (χ3v) is 6.02. The smallest absolute Gasteiger partial charge is 0.332 e. The number of amides is 1. The van der Waals surface area contributed by atoms with E-state index in [9.17, 15) is 14.4 Å². The second kappa shape index (κ2) is 10.6. The first-order chi connectivity index (χ1) is 16.9. The van der Waals surface area contributed by atoms with Crippen molar-refractivity contribution in [2.45, 2.75) is 19.5 Å². The molecule has 35 heavy (non-hydrogen) atoms. The SMILES string of the molecule is COc1ccc(CCn2c(=O)c3ncccc3n(CC(=O)Nc3ccc(Br)cc3)c2=O)cc1OC. The van der Waals surface area contributed by atoms with Gasteiger partial charge in [0.15, 0.2) is 17.0 Å². The van der Waals surface area contributed by atoms with Crippen molar-refractivity contribution in [2.75, 3.05) is 19.5 Å². The lowest BCUT2D eigenvalue weighted by atomic mass is 10.1. The highest BCUT2D eigenvalue weighted by Gasteiger charge is 2.17. The molecule has 0 aliphatic rings. The van der Waals surface area contributed by atoms with Gasteiger partial charge in [-0.05, 0) is 60.5 Å². The molecule has 9 nitrogen and oxygen atoms in total. The molecule has 0 radical (unpaired) electrons. The van der Waals surface area contributed by atoms with Crippen LogP contribution in [0.4, 0.5) is 5.69 Å². The van der Waals surface area contributed by atoms with E-state index in [2.05, 4.69) is 26.2 Å². The van der Waals surface area contributed by atoms with Gasteiger partial charge in [-0.25, -0.2) is 9.78 Å². The van der Waals surface area contributed by atoms with Crippen LogP contribution in [0.15, 0.2) is 74.9 Å². The number of benzene rings is 2. The normalized spacial score (nSPS) is 10.8. The van der Waals surface area contributed by atoms with Crippen molar-refractivity contribution in [3.05, 3.63) is 91.7 Å². The molecular weight excluding hydrogens is 516 g/mol. The Morgan fingerprint density at radius 3 is 2.46 bits per heavy atom. The van der Waals surface area contributed by atoms with E-state index in [1.54, 1.807) is 62.8 Å². The number of carbonyl (C=O) groups excluding carboxylic acids is 1. The summed E-state index contributed by atoms with van der Waals surface area (Å²) in [7, 11) is 3.09. The highest BCUT2D eigenvalue weighted by Crippen LogP contribution is 2.27. The van der Waals surface area contributed by atoms with Crippen molar-refractivity contribution in [3.63, 3.8) is 0 Å². The van der Waals surface area contributed by atoms with Gasteiger partial charge in [-0.3, -0.25) is 18.7 Å². The fourth-order valence-corrected chi connectivity index (χ4v) is 4.01. The van der Waals surface area contributed by atoms with Crippen LogP contribution in [0, 0.1) is 0 Å². The van der Waals surface area contributed by atoms with Gasteiger partial charge in [0.1, 0.15) is 6.54 Å². The Morgan fingerprint density at radius 1 is 1.00 bits per heavy atom. The molecule has 1 N–H and O–H groups in total. The summed E-state index contributed by atoms with van der Waals surface area (Å²) in [5.41, 5.74) is 0.786. The lowest BCUT2D eigenvalue weighted by molar-refractivity contribution is -0.116. The first-order valence-corrected chi connectivity index (χ1v) is 11.5. The molecule has 10 heteroatoms. The Bertz CT molecular complexity index is 1490. The lowest BCUT2D eigenvalue weighted by Crippen LogP contribution is -2.42. The molecule has 2 heterocycles. The Morgan fingerprint density at radius 2 is 1.74 bits per heavy atom. The van der Waals surface area contributed by atoms with Gasteiger partial charge in [-0.2, -0.15) is 0 Å². The first-order valence-electron chi connectivity index (χ1n) is 10.8. The van der Waals surface area contributed by atoms with Gasteiger partial charge in [0.25, 0.3) is 5.56 Å². The predicted octanol–water partition coefficient (Wildman–Crippen LogP) is 3.22. The van der Waals surface area contributed by atoms with Gasteiger partial charge >= 0.3 is 5.69 Å². The molecule has 4 rings (SSSR count). The number of nitrogens with zero attached hydrogens (tertiary/aromatic N) is 3. The summed E-state index contributed by atoms with van der Waals surface area (Å²) >= 11 is 3.35. The molecule has 0 spiro atoms. The van der Waals surface area contributed by atoms with Crippen LogP contribution in [-0.2, 0) is 24.3 Å². The van der Waals surface area contributed by atoms with Crippen molar-refractivity contribution in [1.82, 2.24) is 14.1 Å². The second-order valence-electron chi connectivity index (χ2n) is 7.69. The number of aryl methyl sites for hydroxylation is 1. The lowest BCUT2D eigenvalue weighted by Gasteiger charge is -2.14. The van der Waals surface area contributed by atoms with E-state index >= 15 is 0 Å². The van der Waals surface area contributed by atoms with Crippen LogP contribution in [-0.4, -0.2) is 34.2 Å². The summed E-state index contributed by atoms with van der Waals surface area (Å²) in [5, 5.41) is 2.77. The average molecular weight is 539 g/mol. The minimum absolute atomic E-state index is 0.105. The quantitative estimate of drug-likeness (QED) is 0.369. The third-order valence-electron chi connectivity index (χ3n) is 5.49. The van der Waals surface area contributed by atoms with Crippen LogP contribution in [0.3, 0.4) is 0 Å². The summed E-state index contributed by atoms with van der Waals surface area (Å²) in [6, 6.07) is 15.7. The molecule has 2 aromatic heterocycles. The van der Waals surface area contributed by atoms with Gasteiger partial charge in [0.05, 0.1) is 19.7 Å². The highest BCUT2D eigenvalue weighted by atomic mass is 79.9. The van der Waals surface area contributed by atoms with Crippen LogP contribution in [0.25, 0.3) is 11.0 Å². The second-order valence-corrected chi connectivity index (χ2v) is 8.61. The van der Waals surface area contributed by atoms with Crippen LogP contribution in [0.2, 0.25) is 0 Å². The van der Waals surface area contributed by atoms with Gasteiger partial charge in [-0.15, -0.1) is 0 Å². The number of aromatic nitrogens is 3. The zero-order valence-electron chi connectivity index (χ0n) is 19.2. The van der Waals surface area contributed by atoms with Gasteiger partial charge in [0, 0.05) is 22.9 Å². The Balaban J connectivity index is 1.66. The summed E-state index contributed by atoms with van der Waals surface area (Å²) < 4.78 is 13.9. The van der Waals surface area contributed by atoms with Crippen LogP contribution in [0.5, 0.6) is 11.5 Å². The summed E-state index contributed by atoms with van der Waals surface area (Å²) in [4.78, 5) is 43.4. The molecule has 4 aromatic rings. The minimum atomic E-state index is -0.582. The zero-order valence-corrected chi connectivity index (χ0v) is 20.7. The number of anilines is 1. The average Bonchev–Trinajstić information content (AvgIpc) is 2.87. The molecule has 2 aromatic carbocycles. The fourth-order valence-electron chi connectivity index (χ4n) is 3.75. The molecule has 0 saturated heterocycles. The molecule has 0 saturated carbocycles. The van der Waals surface area contributed by atoms with E-state index in [4.69, 9.17) is 9.47 Å². The molecule has 1 amide bonds. The summed E-state index contributed by atoms with van der Waals surface area (Å²) in [6.07, 6.45) is 1.87. The number of ether oxygens (including phenoxy) is 2. The van der Waals surface area contributed by atoms with Crippen LogP contribution >= 0.6 is 15.9 Å². The van der Waals surface area contributed by atoms with Crippen LogP contribution < -0.4 is 26.0 Å². The van der Waals surface area contributed by atoms with Gasteiger partial charge < -0.3 is 14.8 Å². The number of hydrogen-bond acceptors (Lipinski definition) is 6. The first kappa shape index (κ1) is 24.2. The highest BCUT2D eigenvalue weighted by molar-refractivity contribution is 9.10. The molecule has 0 unspecified atom stereocenters. The Labute approximate surface area is 209 Å². The number of nitrogens with one attached hydrogen (secondary N) is 1. The largest absolute Gasteiger partial charge is 0.493 e. The maximum absolute atomic E-state index is 13.3. The molecule has 180 valence electrons. The van der Waals surface area contributed by atoms with Crippen molar-refractivity contribution < 1.29 is 14.3 Å². The number of pyridine rings is 1. The number of rotatable bonds is 8. The van der Waals surface area contributed by atoms with Crippen LogP contribution in [0.1, 0.15) is 5.56 Å². The van der Waals surface area contributed by atoms with E-state index in [-0.39, 0.29) is 18.6 Å². The minimum Gasteiger partial charge on any atom is -0.493 e. The van der Waals surface area contributed by atoms with E-state index in [1.165, 1.54) is 10.8 Å². The van der Waals surface area contributed by atoms with Crippen molar-refractivity contribution in [2.24, 2.45) is 0 Å². The molecule has 0 atom stereocenters. The number of hydrogen-bond donors (Lipinski definition) is 1. The Kier molecular flexibility index (Phi) is 7.31. The topological polar surface area (TPSA) is 104 Å². The number of halogens is 1. The maximum Gasteiger partial charge on any atom is 0.332 e. The molecule has 0 bridgehead atoms. The monoisotopic (exact) mass is 538 g/mol. The zero-order chi connectivity index (χ0) is 24.9. The van der Waals surface area contributed by atoms with Crippen molar-refractivity contribution >= 4 is 38.6 Å². The number of fused-ring (bicyclic) bond motifs is 1. The fraction of sp³-hybridized carbons (Fsp3) is 0.200. The Hall–Kier alpha value is -3.92. The van der Waals surface area contributed by atoms with E-state index in [1.807, 2.05) is 6.07 Å². The number of carbonyl (C=O) groups is 1. The summed E-state index contributed by atoms with van der Waals surface area (Å²) in [5.74, 6) is 0.742. The van der Waals surface area contributed by atoms with E-state index in [0.717, 1.165) is 14.6 Å². The number of methoxy groups -OCH3 is 2. The molecular formula is C25H23BrN4O5. The molecule has 0 fully saturated rings. The van der Waals surface area contributed by atoms with Crippen molar-refractivity contribution in [3.8, 4) is 11.5 Å². The predicted molar refractivity (Wildman–Crippen MR) is 136 cm³/mol. The standard InChI is InChI=1S/C25H23BrN4O5/c1-34-20-10-5-16(14-21(20)35-2)11-13-29-24(32)23-19(4-3-12-27-23)30(25(29)33)15-22(31)28-18-8-6-17(26)7-9-18/h3-10,12,14H,11,13,15H2,1-2H3,(H,28,31). The van der Waals surface area contributed by atoms with Gasteiger partial charge in [0.2, 0.25) is 5.91 Å². The summed E-state index contributed by atoms with van der Waals surface area (Å²) in [6.45, 7) is -0.165. The third kappa shape index (κ3) is 5.27. The van der Waals surface area contributed by atoms with E-state index < -0.39 is 17.2 Å².